The zero-order valence-corrected chi connectivity index (χ0v) is 11.4. The lowest BCUT2D eigenvalue weighted by molar-refractivity contribution is 0.108. The maximum atomic E-state index is 9.84. The predicted molar refractivity (Wildman–Crippen MR) is 74.3 cm³/mol. The third kappa shape index (κ3) is 4.11. The molecule has 0 aromatic heterocycles. The first-order valence-corrected chi connectivity index (χ1v) is 6.93. The maximum absolute atomic E-state index is 9.84. The van der Waals surface area contributed by atoms with Crippen molar-refractivity contribution < 1.29 is 14.9 Å². The molecule has 19 heavy (non-hydrogen) atoms. The topological polar surface area (TPSA) is 61.7 Å². The van der Waals surface area contributed by atoms with Crippen molar-refractivity contribution in [2.24, 2.45) is 5.92 Å². The van der Waals surface area contributed by atoms with Gasteiger partial charge < -0.3 is 20.3 Å². The van der Waals surface area contributed by atoms with Gasteiger partial charge in [-0.15, -0.1) is 0 Å². The maximum Gasteiger partial charge on any atom is 0.123 e. The van der Waals surface area contributed by atoms with Gasteiger partial charge in [0.25, 0.3) is 0 Å². The van der Waals surface area contributed by atoms with Crippen molar-refractivity contribution in [1.29, 1.82) is 0 Å². The molecule has 1 saturated carbocycles. The van der Waals surface area contributed by atoms with Crippen LogP contribution in [0.5, 0.6) is 11.5 Å². The Bertz CT molecular complexity index is 400. The minimum Gasteiger partial charge on any atom is -0.507 e. The second-order valence-electron chi connectivity index (χ2n) is 5.30. The number of nitrogens with one attached hydrogen (secondary N) is 1. The van der Waals surface area contributed by atoms with Crippen molar-refractivity contribution >= 4 is 0 Å². The Balaban J connectivity index is 1.76. The fourth-order valence-corrected chi connectivity index (χ4v) is 2.58. The summed E-state index contributed by atoms with van der Waals surface area (Å²) in [6, 6.07) is 5.37. The summed E-state index contributed by atoms with van der Waals surface area (Å²) in [6.07, 6.45) is 3.91. The van der Waals surface area contributed by atoms with E-state index in [1.54, 1.807) is 13.2 Å². The minimum atomic E-state index is -0.0955. The van der Waals surface area contributed by atoms with E-state index in [0.717, 1.165) is 37.8 Å². The van der Waals surface area contributed by atoms with Crippen molar-refractivity contribution in [3.63, 3.8) is 0 Å². The molecule has 0 aliphatic heterocycles. The SMILES string of the molecule is COc1ccc(CNCC2CCC(O)CC2)c(O)c1. The van der Waals surface area contributed by atoms with Crippen LogP contribution in [-0.4, -0.2) is 30.0 Å². The number of phenols is 1. The van der Waals surface area contributed by atoms with Crippen molar-refractivity contribution in [2.75, 3.05) is 13.7 Å². The molecule has 0 saturated heterocycles. The molecular formula is C15H23NO3. The van der Waals surface area contributed by atoms with Crippen LogP contribution in [0.15, 0.2) is 18.2 Å². The number of aromatic hydroxyl groups is 1. The second kappa shape index (κ2) is 6.78. The van der Waals surface area contributed by atoms with E-state index in [-0.39, 0.29) is 11.9 Å². The standard InChI is InChI=1S/C15H23NO3/c1-19-14-7-4-12(15(18)8-14)10-16-9-11-2-5-13(17)6-3-11/h4,7-8,11,13,16-18H,2-3,5-6,9-10H2,1H3. The third-order valence-corrected chi connectivity index (χ3v) is 3.86. The first-order valence-electron chi connectivity index (χ1n) is 6.93. The number of hydrogen-bond donors (Lipinski definition) is 3. The van der Waals surface area contributed by atoms with Crippen LogP contribution in [0.2, 0.25) is 0 Å². The van der Waals surface area contributed by atoms with Gasteiger partial charge in [-0.2, -0.15) is 0 Å². The van der Waals surface area contributed by atoms with Crippen LogP contribution in [0.1, 0.15) is 31.2 Å². The molecule has 4 nitrogen and oxygen atoms in total. The molecule has 0 amide bonds. The number of hydrogen-bond acceptors (Lipinski definition) is 4. The molecule has 0 spiro atoms. The quantitative estimate of drug-likeness (QED) is 0.762. The summed E-state index contributed by atoms with van der Waals surface area (Å²) in [5, 5.41) is 22.7. The first kappa shape index (κ1) is 14.2. The van der Waals surface area contributed by atoms with Crippen LogP contribution >= 0.6 is 0 Å². The van der Waals surface area contributed by atoms with Crippen LogP contribution in [0, 0.1) is 5.92 Å². The predicted octanol–water partition coefficient (Wildman–Crippen LogP) is 2.04. The van der Waals surface area contributed by atoms with Gasteiger partial charge in [-0.05, 0) is 44.2 Å². The normalized spacial score (nSPS) is 23.3. The molecule has 106 valence electrons. The summed E-state index contributed by atoms with van der Waals surface area (Å²) in [6.45, 7) is 1.60. The number of phenolic OH excluding ortho intramolecular Hbond substituents is 1. The zero-order chi connectivity index (χ0) is 13.7. The largest absolute Gasteiger partial charge is 0.507 e. The van der Waals surface area contributed by atoms with Crippen molar-refractivity contribution in [3.05, 3.63) is 23.8 Å². The molecule has 0 heterocycles. The fourth-order valence-electron chi connectivity index (χ4n) is 2.58. The number of rotatable bonds is 5. The van der Waals surface area contributed by atoms with E-state index in [9.17, 15) is 10.2 Å². The average molecular weight is 265 g/mol. The smallest absolute Gasteiger partial charge is 0.123 e. The van der Waals surface area contributed by atoms with Crippen LogP contribution in [-0.2, 0) is 6.54 Å². The van der Waals surface area contributed by atoms with Crippen LogP contribution in [0.4, 0.5) is 0 Å². The molecule has 4 heteroatoms. The van der Waals surface area contributed by atoms with Gasteiger partial charge in [0.2, 0.25) is 0 Å². The lowest BCUT2D eigenvalue weighted by Gasteiger charge is -2.25. The molecular weight excluding hydrogens is 242 g/mol. The van der Waals surface area contributed by atoms with Crippen LogP contribution < -0.4 is 10.1 Å². The summed E-state index contributed by atoms with van der Waals surface area (Å²) >= 11 is 0. The fraction of sp³-hybridized carbons (Fsp3) is 0.600. The third-order valence-electron chi connectivity index (χ3n) is 3.86. The molecule has 0 radical (unpaired) electrons. The molecule has 3 N–H and O–H groups in total. The average Bonchev–Trinajstić information content (AvgIpc) is 2.42. The van der Waals surface area contributed by atoms with Gasteiger partial charge in [0, 0.05) is 18.2 Å². The Hall–Kier alpha value is -1.26. The number of ether oxygens (including phenoxy) is 1. The van der Waals surface area contributed by atoms with Crippen molar-refractivity contribution in [2.45, 2.75) is 38.3 Å². The number of aliphatic hydroxyl groups is 1. The Labute approximate surface area is 114 Å². The Morgan fingerprint density at radius 2 is 2.00 bits per heavy atom. The summed E-state index contributed by atoms with van der Waals surface area (Å²) in [5.41, 5.74) is 0.886. The van der Waals surface area contributed by atoms with Gasteiger partial charge >= 0.3 is 0 Å². The van der Waals surface area contributed by atoms with E-state index in [1.807, 2.05) is 12.1 Å². The van der Waals surface area contributed by atoms with Gasteiger partial charge in [0.15, 0.2) is 0 Å². The molecule has 1 aliphatic rings. The highest BCUT2D eigenvalue weighted by Gasteiger charge is 2.18. The highest BCUT2D eigenvalue weighted by Crippen LogP contribution is 2.25. The molecule has 0 bridgehead atoms. The molecule has 0 unspecified atom stereocenters. The molecule has 1 aromatic carbocycles. The van der Waals surface area contributed by atoms with Gasteiger partial charge in [-0.3, -0.25) is 0 Å². The molecule has 2 rings (SSSR count). The highest BCUT2D eigenvalue weighted by atomic mass is 16.5. The number of aliphatic hydroxyl groups excluding tert-OH is 1. The van der Waals surface area contributed by atoms with Gasteiger partial charge in [0.1, 0.15) is 11.5 Å². The summed E-state index contributed by atoms with van der Waals surface area (Å²) in [4.78, 5) is 0. The molecule has 1 fully saturated rings. The van der Waals surface area contributed by atoms with Crippen LogP contribution in [0.25, 0.3) is 0 Å². The summed E-state index contributed by atoms with van der Waals surface area (Å²) < 4.78 is 5.06. The summed E-state index contributed by atoms with van der Waals surface area (Å²) in [7, 11) is 1.59. The Morgan fingerprint density at radius 3 is 2.63 bits per heavy atom. The Kier molecular flexibility index (Phi) is 5.05. The Morgan fingerprint density at radius 1 is 1.26 bits per heavy atom. The first-order chi connectivity index (χ1) is 9.19. The van der Waals surface area contributed by atoms with Crippen molar-refractivity contribution in [1.82, 2.24) is 5.32 Å². The molecule has 1 aliphatic carbocycles. The van der Waals surface area contributed by atoms with E-state index < -0.39 is 0 Å². The highest BCUT2D eigenvalue weighted by molar-refractivity contribution is 5.39. The minimum absolute atomic E-state index is 0.0955. The second-order valence-corrected chi connectivity index (χ2v) is 5.30. The van der Waals surface area contributed by atoms with Gasteiger partial charge in [0.05, 0.1) is 13.2 Å². The number of benzene rings is 1. The lowest BCUT2D eigenvalue weighted by Crippen LogP contribution is -2.27. The zero-order valence-electron chi connectivity index (χ0n) is 11.4. The van der Waals surface area contributed by atoms with Gasteiger partial charge in [-0.1, -0.05) is 6.07 Å². The number of methoxy groups -OCH3 is 1. The van der Waals surface area contributed by atoms with E-state index in [0.29, 0.717) is 18.2 Å². The van der Waals surface area contributed by atoms with E-state index >= 15 is 0 Å². The lowest BCUT2D eigenvalue weighted by atomic mass is 9.87. The van der Waals surface area contributed by atoms with Gasteiger partial charge in [-0.25, -0.2) is 0 Å². The van der Waals surface area contributed by atoms with Crippen LogP contribution in [0.3, 0.4) is 0 Å². The van der Waals surface area contributed by atoms with Crippen molar-refractivity contribution in [3.8, 4) is 11.5 Å². The van der Waals surface area contributed by atoms with E-state index in [4.69, 9.17) is 4.74 Å². The van der Waals surface area contributed by atoms with E-state index in [2.05, 4.69) is 5.32 Å². The molecule has 0 atom stereocenters. The summed E-state index contributed by atoms with van der Waals surface area (Å²) in [5.74, 6) is 1.58. The van der Waals surface area contributed by atoms with E-state index in [1.165, 1.54) is 0 Å². The molecule has 1 aromatic rings. The monoisotopic (exact) mass is 265 g/mol.